The summed E-state index contributed by atoms with van der Waals surface area (Å²) in [6.07, 6.45) is 2.01. The summed E-state index contributed by atoms with van der Waals surface area (Å²) in [7, 11) is 0. The molecule has 1 aliphatic heterocycles. The summed E-state index contributed by atoms with van der Waals surface area (Å²) in [5.74, 6) is 0.591. The van der Waals surface area contributed by atoms with Gasteiger partial charge in [0.2, 0.25) is 11.1 Å². The van der Waals surface area contributed by atoms with Crippen molar-refractivity contribution in [1.29, 1.82) is 0 Å². The van der Waals surface area contributed by atoms with E-state index in [4.69, 9.17) is 4.98 Å². The smallest absolute Gasteiger partial charge is 0.233 e. The van der Waals surface area contributed by atoms with E-state index in [9.17, 15) is 9.18 Å². The molecule has 6 nitrogen and oxygen atoms in total. The van der Waals surface area contributed by atoms with Crippen LogP contribution in [0.5, 0.6) is 0 Å². The predicted octanol–water partition coefficient (Wildman–Crippen LogP) is 4.72. The number of likely N-dealkylation sites (tertiary alicyclic amines) is 1. The Bertz CT molecular complexity index is 1190. The van der Waals surface area contributed by atoms with Gasteiger partial charge in [-0.25, -0.2) is 14.4 Å². The molecule has 1 aliphatic rings. The first-order valence-corrected chi connectivity index (χ1v) is 11.9. The van der Waals surface area contributed by atoms with Crippen LogP contribution in [0.25, 0.3) is 21.6 Å². The number of aromatic nitrogens is 4. The first-order valence-electron chi connectivity index (χ1n) is 10.1. The van der Waals surface area contributed by atoms with Crippen molar-refractivity contribution in [1.82, 2.24) is 25.1 Å². The molecule has 1 fully saturated rings. The maximum atomic E-state index is 13.9. The van der Waals surface area contributed by atoms with E-state index in [0.717, 1.165) is 29.9 Å². The minimum Gasteiger partial charge on any atom is -0.341 e. The zero-order chi connectivity index (χ0) is 21.2. The molecule has 31 heavy (non-hydrogen) atoms. The number of nitrogens with zero attached hydrogens (tertiary/aromatic N) is 4. The Hall–Kier alpha value is -2.78. The van der Waals surface area contributed by atoms with E-state index in [1.54, 1.807) is 29.5 Å². The van der Waals surface area contributed by atoms with Crippen LogP contribution in [0, 0.1) is 5.82 Å². The molecular weight excluding hydrogens is 433 g/mol. The van der Waals surface area contributed by atoms with Crippen LogP contribution in [-0.2, 0) is 4.79 Å². The largest absolute Gasteiger partial charge is 0.341 e. The van der Waals surface area contributed by atoms with Gasteiger partial charge in [-0.05, 0) is 37.1 Å². The van der Waals surface area contributed by atoms with Gasteiger partial charge in [0.15, 0.2) is 5.82 Å². The number of thiazole rings is 1. The zero-order valence-electron chi connectivity index (χ0n) is 16.6. The van der Waals surface area contributed by atoms with E-state index in [1.807, 2.05) is 23.1 Å². The van der Waals surface area contributed by atoms with E-state index >= 15 is 0 Å². The van der Waals surface area contributed by atoms with Gasteiger partial charge in [-0.15, -0.1) is 16.4 Å². The Morgan fingerprint density at radius 1 is 1.19 bits per heavy atom. The fourth-order valence-electron chi connectivity index (χ4n) is 3.77. The molecule has 0 bridgehead atoms. The van der Waals surface area contributed by atoms with Crippen molar-refractivity contribution >= 4 is 39.2 Å². The average molecular weight is 454 g/mol. The summed E-state index contributed by atoms with van der Waals surface area (Å²) >= 11 is 2.98. The SMILES string of the molecule is O=C(CSc1n[nH]c(-c2ccccc2F)n1)N1CCC[C@@H](c2nc3ccccc3s2)C1. The number of rotatable bonds is 5. The number of fused-ring (bicyclic) bond motifs is 1. The molecular formula is C22H20FN5OS2. The molecule has 2 aromatic heterocycles. The van der Waals surface area contributed by atoms with Crippen LogP contribution in [0.3, 0.4) is 0 Å². The second-order valence-electron chi connectivity index (χ2n) is 7.43. The number of nitrogens with one attached hydrogen (secondary N) is 1. The number of halogens is 1. The molecule has 0 saturated carbocycles. The number of benzene rings is 2. The first kappa shape index (κ1) is 20.1. The summed E-state index contributed by atoms with van der Waals surface area (Å²) in [6.45, 7) is 1.45. The summed E-state index contributed by atoms with van der Waals surface area (Å²) < 4.78 is 15.1. The lowest BCUT2D eigenvalue weighted by Gasteiger charge is -2.31. The quantitative estimate of drug-likeness (QED) is 0.443. The van der Waals surface area contributed by atoms with E-state index in [-0.39, 0.29) is 23.4 Å². The molecule has 1 atom stereocenters. The first-order chi connectivity index (χ1) is 15.2. The summed E-state index contributed by atoms with van der Waals surface area (Å²) in [5.41, 5.74) is 1.39. The lowest BCUT2D eigenvalue weighted by Crippen LogP contribution is -2.40. The molecule has 158 valence electrons. The van der Waals surface area contributed by atoms with Crippen molar-refractivity contribution in [2.75, 3.05) is 18.8 Å². The number of aromatic amines is 1. The maximum Gasteiger partial charge on any atom is 0.233 e. The summed E-state index contributed by atoms with van der Waals surface area (Å²) in [4.78, 5) is 23.8. The molecule has 0 aliphatic carbocycles. The normalized spacial score (nSPS) is 16.7. The van der Waals surface area contributed by atoms with Crippen molar-refractivity contribution in [3.8, 4) is 11.4 Å². The van der Waals surface area contributed by atoms with Crippen molar-refractivity contribution in [3.63, 3.8) is 0 Å². The van der Waals surface area contributed by atoms with Crippen LogP contribution in [0.2, 0.25) is 0 Å². The Morgan fingerprint density at radius 3 is 2.90 bits per heavy atom. The Morgan fingerprint density at radius 2 is 2.03 bits per heavy atom. The van der Waals surface area contributed by atoms with Crippen LogP contribution in [0.1, 0.15) is 23.8 Å². The second kappa shape index (κ2) is 8.76. The summed E-state index contributed by atoms with van der Waals surface area (Å²) in [5, 5.41) is 8.42. The standard InChI is InChI=1S/C22H20FN5OS2/c23-16-8-2-1-7-15(16)20-25-22(27-26-20)30-13-19(29)28-11-5-6-14(12-28)21-24-17-9-3-4-10-18(17)31-21/h1-4,7-10,14H,5-6,11-13H2,(H,25,26,27)/t14-/m1/s1. The number of thioether (sulfide) groups is 1. The lowest BCUT2D eigenvalue weighted by molar-refractivity contribution is -0.129. The molecule has 2 aromatic carbocycles. The highest BCUT2D eigenvalue weighted by Crippen LogP contribution is 2.33. The van der Waals surface area contributed by atoms with E-state index in [1.165, 1.54) is 22.5 Å². The maximum absolute atomic E-state index is 13.9. The van der Waals surface area contributed by atoms with Crippen molar-refractivity contribution in [3.05, 3.63) is 59.4 Å². The molecule has 0 unspecified atom stereocenters. The molecule has 3 heterocycles. The van der Waals surface area contributed by atoms with Gasteiger partial charge in [0.05, 0.1) is 26.5 Å². The van der Waals surface area contributed by atoms with E-state index in [2.05, 4.69) is 21.2 Å². The highest BCUT2D eigenvalue weighted by atomic mass is 32.2. The number of hydrogen-bond donors (Lipinski definition) is 1. The Balaban J connectivity index is 1.21. The lowest BCUT2D eigenvalue weighted by atomic mass is 9.99. The van der Waals surface area contributed by atoms with Crippen molar-refractivity contribution in [2.45, 2.75) is 23.9 Å². The molecule has 5 rings (SSSR count). The van der Waals surface area contributed by atoms with Crippen molar-refractivity contribution in [2.24, 2.45) is 0 Å². The van der Waals surface area contributed by atoms with Crippen LogP contribution in [-0.4, -0.2) is 49.8 Å². The number of piperidine rings is 1. The number of para-hydroxylation sites is 1. The Labute approximate surface area is 186 Å². The molecule has 4 aromatic rings. The molecule has 1 saturated heterocycles. The minimum absolute atomic E-state index is 0.0630. The van der Waals surface area contributed by atoms with E-state index < -0.39 is 0 Å². The highest BCUT2D eigenvalue weighted by Gasteiger charge is 2.27. The molecule has 9 heteroatoms. The Kier molecular flexibility index (Phi) is 5.69. The molecule has 0 spiro atoms. The molecule has 0 radical (unpaired) electrons. The van der Waals surface area contributed by atoms with E-state index in [0.29, 0.717) is 23.1 Å². The van der Waals surface area contributed by atoms with Gasteiger partial charge in [0.1, 0.15) is 5.82 Å². The van der Waals surface area contributed by atoms with Crippen molar-refractivity contribution < 1.29 is 9.18 Å². The minimum atomic E-state index is -0.361. The van der Waals surface area contributed by atoms with Crippen LogP contribution in [0.15, 0.2) is 53.7 Å². The molecule has 1 N–H and O–H groups in total. The molecule has 1 amide bonds. The highest BCUT2D eigenvalue weighted by molar-refractivity contribution is 7.99. The van der Waals surface area contributed by atoms with Gasteiger partial charge in [-0.2, -0.15) is 0 Å². The van der Waals surface area contributed by atoms with Gasteiger partial charge in [-0.3, -0.25) is 9.89 Å². The fraction of sp³-hybridized carbons (Fsp3) is 0.273. The third-order valence-corrected chi connectivity index (χ3v) is 7.38. The van der Waals surface area contributed by atoms with Gasteiger partial charge in [0.25, 0.3) is 0 Å². The van der Waals surface area contributed by atoms with Crippen LogP contribution in [0.4, 0.5) is 4.39 Å². The number of hydrogen-bond acceptors (Lipinski definition) is 6. The number of carbonyl (C=O) groups is 1. The van der Waals surface area contributed by atoms with Crippen LogP contribution >= 0.6 is 23.1 Å². The fourth-order valence-corrected chi connectivity index (χ4v) is 5.57. The summed E-state index contributed by atoms with van der Waals surface area (Å²) in [6, 6.07) is 14.5. The van der Waals surface area contributed by atoms with Gasteiger partial charge in [-0.1, -0.05) is 36.0 Å². The number of carbonyl (C=O) groups excluding carboxylic acids is 1. The third-order valence-electron chi connectivity index (χ3n) is 5.35. The number of H-pyrrole nitrogens is 1. The van der Waals surface area contributed by atoms with Crippen LogP contribution < -0.4 is 0 Å². The average Bonchev–Trinajstić information content (AvgIpc) is 3.45. The van der Waals surface area contributed by atoms with Gasteiger partial charge >= 0.3 is 0 Å². The van der Waals surface area contributed by atoms with Gasteiger partial charge in [0, 0.05) is 19.0 Å². The second-order valence-corrected chi connectivity index (χ2v) is 9.44. The third kappa shape index (κ3) is 4.33. The zero-order valence-corrected chi connectivity index (χ0v) is 18.3. The monoisotopic (exact) mass is 453 g/mol. The topological polar surface area (TPSA) is 74.8 Å². The predicted molar refractivity (Wildman–Crippen MR) is 121 cm³/mol. The number of amides is 1. The van der Waals surface area contributed by atoms with Gasteiger partial charge < -0.3 is 4.90 Å².